The summed E-state index contributed by atoms with van der Waals surface area (Å²) >= 11 is 0. The molecule has 0 heterocycles. The van der Waals surface area contributed by atoms with E-state index >= 15 is 0 Å². The molecule has 0 aliphatic heterocycles. The summed E-state index contributed by atoms with van der Waals surface area (Å²) < 4.78 is 0. The highest BCUT2D eigenvalue weighted by Crippen LogP contribution is 2.23. The second-order valence-electron chi connectivity index (χ2n) is 2.67. The van der Waals surface area contributed by atoms with Crippen LogP contribution < -0.4 is 0 Å². The van der Waals surface area contributed by atoms with Crippen LogP contribution in [0.3, 0.4) is 0 Å². The highest BCUT2D eigenvalue weighted by molar-refractivity contribution is 4.90. The first kappa shape index (κ1) is 8.87. The van der Waals surface area contributed by atoms with Gasteiger partial charge in [0.15, 0.2) is 0 Å². The minimum Gasteiger partial charge on any atom is -0.0610 e. The van der Waals surface area contributed by atoms with Crippen molar-refractivity contribution in [1.29, 1.82) is 0 Å². The molecule has 0 aromatic rings. The zero-order valence-corrected chi connectivity index (χ0v) is 7.20. The molecule has 0 spiro atoms. The van der Waals surface area contributed by atoms with Gasteiger partial charge in [-0.15, -0.1) is 0 Å². The van der Waals surface area contributed by atoms with E-state index in [-0.39, 0.29) is 0 Å². The Morgan fingerprint density at radius 1 is 1.11 bits per heavy atom. The predicted molar refractivity (Wildman–Crippen MR) is 43.3 cm³/mol. The monoisotopic (exact) mass is 127 g/mol. The lowest BCUT2D eigenvalue weighted by Gasteiger charge is -2.07. The van der Waals surface area contributed by atoms with Gasteiger partial charge < -0.3 is 0 Å². The Morgan fingerprint density at radius 2 is 1.56 bits per heavy atom. The van der Waals surface area contributed by atoms with Crippen molar-refractivity contribution in [3.05, 3.63) is 5.92 Å². The maximum Gasteiger partial charge on any atom is 0.0971 e. The van der Waals surface area contributed by atoms with Gasteiger partial charge in [-0.3, -0.25) is 0 Å². The van der Waals surface area contributed by atoms with E-state index in [0.29, 0.717) is 0 Å². The van der Waals surface area contributed by atoms with Crippen molar-refractivity contribution in [1.82, 2.24) is 0 Å². The highest BCUT2D eigenvalue weighted by Gasteiger charge is 2.21. The van der Waals surface area contributed by atoms with Gasteiger partial charge in [-0.1, -0.05) is 6.92 Å². The first-order chi connectivity index (χ1) is 4.26. The Balaban J connectivity index is 3.50. The Kier molecular flexibility index (Phi) is 4.65. The molecule has 0 N–H and O–H groups in total. The van der Waals surface area contributed by atoms with Gasteiger partial charge in [0.1, 0.15) is 0 Å². The highest BCUT2D eigenvalue weighted by atomic mass is 14.2. The second-order valence-corrected chi connectivity index (χ2v) is 2.67. The molecule has 0 nitrogen and oxygen atoms in total. The molecule has 0 rings (SSSR count). The predicted octanol–water partition coefficient (Wildman–Crippen LogP) is 3.43. The Bertz CT molecular complexity index is 53.1. The van der Waals surface area contributed by atoms with Crippen LogP contribution in [0.5, 0.6) is 0 Å². The van der Waals surface area contributed by atoms with Gasteiger partial charge in [-0.25, -0.2) is 0 Å². The third-order valence-corrected chi connectivity index (χ3v) is 2.22. The molecular weight excluding hydrogens is 108 g/mol. The van der Waals surface area contributed by atoms with Crippen molar-refractivity contribution in [3.63, 3.8) is 0 Å². The lowest BCUT2D eigenvalue weighted by Crippen LogP contribution is -2.05. The summed E-state index contributed by atoms with van der Waals surface area (Å²) in [5, 5.41) is 0. The average molecular weight is 127 g/mol. The topological polar surface area (TPSA) is 0 Å². The molecule has 0 aromatic carbocycles. The molecule has 9 heavy (non-hydrogen) atoms. The standard InChI is InChI=1S/C9H19/c1-5-8(4)9(6-2)7-3/h8H,5-7H2,1-4H3/q+1. The van der Waals surface area contributed by atoms with Gasteiger partial charge in [0.2, 0.25) is 0 Å². The molecule has 0 fully saturated rings. The smallest absolute Gasteiger partial charge is 0.0610 e. The van der Waals surface area contributed by atoms with Crippen molar-refractivity contribution in [2.45, 2.75) is 47.0 Å². The molecule has 0 aromatic heterocycles. The summed E-state index contributed by atoms with van der Waals surface area (Å²) in [7, 11) is 0. The lowest BCUT2D eigenvalue weighted by atomic mass is 9.88. The normalized spacial score (nSPS) is 13.3. The van der Waals surface area contributed by atoms with E-state index in [1.54, 1.807) is 5.92 Å². The molecule has 54 valence electrons. The molecular formula is C9H19+. The van der Waals surface area contributed by atoms with Crippen molar-refractivity contribution >= 4 is 0 Å². The fourth-order valence-electron chi connectivity index (χ4n) is 1.24. The van der Waals surface area contributed by atoms with Gasteiger partial charge in [0, 0.05) is 0 Å². The fraction of sp³-hybridized carbons (Fsp3) is 0.889. The Morgan fingerprint density at radius 3 is 1.67 bits per heavy atom. The van der Waals surface area contributed by atoms with E-state index in [0.717, 1.165) is 5.92 Å². The van der Waals surface area contributed by atoms with E-state index in [1.165, 1.54) is 19.3 Å². The molecule has 0 saturated carbocycles. The number of rotatable bonds is 4. The van der Waals surface area contributed by atoms with Crippen molar-refractivity contribution in [3.8, 4) is 0 Å². The van der Waals surface area contributed by atoms with E-state index < -0.39 is 0 Å². The molecule has 0 aliphatic rings. The molecule has 1 unspecified atom stereocenters. The van der Waals surface area contributed by atoms with Crippen LogP contribution in [0.25, 0.3) is 0 Å². The van der Waals surface area contributed by atoms with E-state index in [4.69, 9.17) is 0 Å². The van der Waals surface area contributed by atoms with Crippen molar-refractivity contribution in [2.24, 2.45) is 5.92 Å². The molecule has 0 heteroatoms. The average Bonchev–Trinajstić information content (AvgIpc) is 1.90. The first-order valence-electron chi connectivity index (χ1n) is 4.10. The molecule has 0 bridgehead atoms. The lowest BCUT2D eigenvalue weighted by molar-refractivity contribution is 0.522. The zero-order chi connectivity index (χ0) is 7.28. The van der Waals surface area contributed by atoms with E-state index in [9.17, 15) is 0 Å². The summed E-state index contributed by atoms with van der Waals surface area (Å²) in [6.07, 6.45) is 3.84. The second kappa shape index (κ2) is 4.72. The third-order valence-electron chi connectivity index (χ3n) is 2.22. The van der Waals surface area contributed by atoms with Crippen LogP contribution in [0, 0.1) is 11.8 Å². The van der Waals surface area contributed by atoms with Gasteiger partial charge in [0.05, 0.1) is 24.7 Å². The van der Waals surface area contributed by atoms with Gasteiger partial charge >= 0.3 is 0 Å². The summed E-state index contributed by atoms with van der Waals surface area (Å²) in [4.78, 5) is 0. The van der Waals surface area contributed by atoms with E-state index in [1.807, 2.05) is 0 Å². The summed E-state index contributed by atoms with van der Waals surface area (Å²) in [5.41, 5.74) is 0. The minimum absolute atomic E-state index is 0.847. The fourth-order valence-corrected chi connectivity index (χ4v) is 1.24. The molecule has 1 atom stereocenters. The molecule has 0 aliphatic carbocycles. The molecule has 0 saturated heterocycles. The van der Waals surface area contributed by atoms with Crippen LogP contribution >= 0.6 is 0 Å². The summed E-state index contributed by atoms with van der Waals surface area (Å²) in [6, 6.07) is 0. The number of hydrogen-bond acceptors (Lipinski definition) is 0. The molecule has 0 amide bonds. The van der Waals surface area contributed by atoms with Crippen LogP contribution in [-0.4, -0.2) is 0 Å². The minimum atomic E-state index is 0.847. The van der Waals surface area contributed by atoms with Crippen LogP contribution in [0.15, 0.2) is 0 Å². The first-order valence-corrected chi connectivity index (χ1v) is 4.10. The quantitative estimate of drug-likeness (QED) is 0.507. The Hall–Kier alpha value is -0.130. The van der Waals surface area contributed by atoms with Gasteiger partial charge in [-0.05, 0) is 27.2 Å². The van der Waals surface area contributed by atoms with Crippen LogP contribution in [0.1, 0.15) is 47.0 Å². The molecule has 0 radical (unpaired) electrons. The van der Waals surface area contributed by atoms with E-state index in [2.05, 4.69) is 27.7 Å². The SMILES string of the molecule is CC[C+](CC)C(C)CC. The maximum absolute atomic E-state index is 2.32. The van der Waals surface area contributed by atoms with Crippen molar-refractivity contribution < 1.29 is 0 Å². The number of hydrogen-bond donors (Lipinski definition) is 0. The van der Waals surface area contributed by atoms with Gasteiger partial charge in [-0.2, -0.15) is 0 Å². The van der Waals surface area contributed by atoms with Crippen molar-refractivity contribution in [2.75, 3.05) is 0 Å². The largest absolute Gasteiger partial charge is 0.0971 e. The maximum atomic E-state index is 2.32. The summed E-state index contributed by atoms with van der Waals surface area (Å²) in [5.74, 6) is 2.57. The zero-order valence-electron chi connectivity index (χ0n) is 7.20. The Labute approximate surface area is 59.7 Å². The van der Waals surface area contributed by atoms with Crippen LogP contribution in [0.4, 0.5) is 0 Å². The van der Waals surface area contributed by atoms with Crippen LogP contribution in [0.2, 0.25) is 0 Å². The summed E-state index contributed by atoms with van der Waals surface area (Å²) in [6.45, 7) is 9.09. The van der Waals surface area contributed by atoms with Gasteiger partial charge in [0.25, 0.3) is 0 Å². The third kappa shape index (κ3) is 2.78. The van der Waals surface area contributed by atoms with Crippen LogP contribution in [-0.2, 0) is 0 Å².